The van der Waals surface area contributed by atoms with Crippen LogP contribution in [0.1, 0.15) is 40.7 Å². The minimum Gasteiger partial charge on any atom is -0.462 e. The van der Waals surface area contributed by atoms with Crippen molar-refractivity contribution in [2.75, 3.05) is 6.61 Å². The maximum atomic E-state index is 12.8. The molecule has 1 aromatic heterocycles. The molecule has 1 rings (SSSR count). The summed E-state index contributed by atoms with van der Waals surface area (Å²) in [6, 6.07) is 2.73. The molecular weight excluding hydrogens is 230 g/mol. The second-order valence-electron chi connectivity index (χ2n) is 3.19. The van der Waals surface area contributed by atoms with E-state index in [-0.39, 0.29) is 23.6 Å². The number of rotatable bonds is 3. The average Bonchev–Trinajstić information content (AvgIpc) is 2.27. The lowest BCUT2D eigenvalue weighted by Gasteiger charge is -2.10. The molecule has 1 heterocycles. The van der Waals surface area contributed by atoms with Gasteiger partial charge in [-0.3, -0.25) is 0 Å². The summed E-state index contributed by atoms with van der Waals surface area (Å²) in [5.74, 6) is -0.871. The molecule has 17 heavy (non-hydrogen) atoms. The normalized spacial score (nSPS) is 10.1. The number of nitriles is 1. The predicted molar refractivity (Wildman–Crippen MR) is 54.6 cm³/mol. The second kappa shape index (κ2) is 5.34. The van der Waals surface area contributed by atoms with Gasteiger partial charge in [0.25, 0.3) is 6.43 Å². The van der Waals surface area contributed by atoms with Gasteiger partial charge < -0.3 is 4.74 Å². The number of nitrogens with zero attached hydrogens (tertiary/aromatic N) is 2. The molecule has 0 spiro atoms. The summed E-state index contributed by atoms with van der Waals surface area (Å²) in [5.41, 5.74) is -0.912. The molecule has 1 aromatic rings. The van der Waals surface area contributed by atoms with Crippen LogP contribution in [0.2, 0.25) is 0 Å². The van der Waals surface area contributed by atoms with E-state index in [2.05, 4.69) is 9.72 Å². The Kier molecular flexibility index (Phi) is 4.10. The van der Waals surface area contributed by atoms with Crippen LogP contribution < -0.4 is 0 Å². The summed E-state index contributed by atoms with van der Waals surface area (Å²) in [6.07, 6.45) is -2.84. The van der Waals surface area contributed by atoms with E-state index in [1.54, 1.807) is 13.0 Å². The molecule has 4 nitrogen and oxygen atoms in total. The Morgan fingerprint density at radius 2 is 2.29 bits per heavy atom. The fraction of sp³-hybridized carbons (Fsp3) is 0.364. The van der Waals surface area contributed by atoms with Crippen molar-refractivity contribution in [2.45, 2.75) is 20.3 Å². The van der Waals surface area contributed by atoms with Crippen LogP contribution in [0.5, 0.6) is 0 Å². The maximum absolute atomic E-state index is 12.8. The van der Waals surface area contributed by atoms with E-state index in [1.807, 2.05) is 0 Å². The highest BCUT2D eigenvalue weighted by Crippen LogP contribution is 2.26. The van der Waals surface area contributed by atoms with E-state index in [4.69, 9.17) is 5.26 Å². The highest BCUT2D eigenvalue weighted by Gasteiger charge is 2.23. The molecule has 0 aliphatic rings. The molecule has 0 radical (unpaired) electrons. The number of esters is 1. The first-order valence-corrected chi connectivity index (χ1v) is 4.88. The number of hydrogen-bond donors (Lipinski definition) is 0. The van der Waals surface area contributed by atoms with Gasteiger partial charge in [0.15, 0.2) is 0 Å². The van der Waals surface area contributed by atoms with Gasteiger partial charge in [-0.25, -0.2) is 18.6 Å². The predicted octanol–water partition coefficient (Wildman–Crippen LogP) is 2.38. The summed E-state index contributed by atoms with van der Waals surface area (Å²) in [7, 11) is 0. The van der Waals surface area contributed by atoms with Crippen molar-refractivity contribution < 1.29 is 18.3 Å². The van der Waals surface area contributed by atoms with E-state index in [1.165, 1.54) is 6.92 Å². The number of halogens is 2. The maximum Gasteiger partial charge on any atom is 0.338 e. The fourth-order valence-electron chi connectivity index (χ4n) is 1.39. The van der Waals surface area contributed by atoms with Gasteiger partial charge in [-0.2, -0.15) is 5.26 Å². The molecule has 0 aromatic carbocycles. The van der Waals surface area contributed by atoms with E-state index >= 15 is 0 Å². The molecule has 0 unspecified atom stereocenters. The van der Waals surface area contributed by atoms with Crippen LogP contribution in [0, 0.1) is 18.3 Å². The standard InChI is InChI=1S/C11H10F2N2O2/c1-3-17-11(16)8-4-7(5-14)15-6(2)9(8)10(12)13/h4,10H,3H2,1-2H3. The lowest BCUT2D eigenvalue weighted by atomic mass is 10.1. The molecule has 0 fully saturated rings. The molecule has 0 amide bonds. The van der Waals surface area contributed by atoms with Crippen LogP contribution in [-0.2, 0) is 4.74 Å². The molecule has 90 valence electrons. The highest BCUT2D eigenvalue weighted by atomic mass is 19.3. The van der Waals surface area contributed by atoms with Crippen molar-refractivity contribution in [3.05, 3.63) is 28.6 Å². The zero-order valence-corrected chi connectivity index (χ0v) is 9.33. The topological polar surface area (TPSA) is 63.0 Å². The van der Waals surface area contributed by atoms with Crippen LogP contribution in [0.25, 0.3) is 0 Å². The van der Waals surface area contributed by atoms with Gasteiger partial charge >= 0.3 is 5.97 Å². The summed E-state index contributed by atoms with van der Waals surface area (Å²) >= 11 is 0. The number of aromatic nitrogens is 1. The molecule has 0 saturated carbocycles. The first-order chi connectivity index (χ1) is 8.01. The van der Waals surface area contributed by atoms with E-state index < -0.39 is 18.0 Å². The summed E-state index contributed by atoms with van der Waals surface area (Å²) in [4.78, 5) is 15.2. The van der Waals surface area contributed by atoms with Crippen molar-refractivity contribution in [1.82, 2.24) is 4.98 Å². The third-order valence-corrected chi connectivity index (χ3v) is 2.08. The smallest absolute Gasteiger partial charge is 0.338 e. The quantitative estimate of drug-likeness (QED) is 0.761. The Balaban J connectivity index is 3.38. The van der Waals surface area contributed by atoms with E-state index in [0.717, 1.165) is 6.07 Å². The Morgan fingerprint density at radius 3 is 2.76 bits per heavy atom. The Labute approximate surface area is 96.8 Å². The zero-order chi connectivity index (χ0) is 13.0. The van der Waals surface area contributed by atoms with Crippen LogP contribution in [-0.4, -0.2) is 17.6 Å². The number of alkyl halides is 2. The van der Waals surface area contributed by atoms with Gasteiger partial charge in [-0.1, -0.05) is 0 Å². The van der Waals surface area contributed by atoms with Crippen LogP contribution in [0.15, 0.2) is 6.07 Å². The zero-order valence-electron chi connectivity index (χ0n) is 9.33. The number of aryl methyl sites for hydroxylation is 1. The van der Waals surface area contributed by atoms with Gasteiger partial charge in [-0.15, -0.1) is 0 Å². The highest BCUT2D eigenvalue weighted by molar-refractivity contribution is 5.91. The monoisotopic (exact) mass is 240 g/mol. The molecule has 6 heteroatoms. The summed E-state index contributed by atoms with van der Waals surface area (Å²) < 4.78 is 30.3. The Morgan fingerprint density at radius 1 is 1.65 bits per heavy atom. The molecule has 0 N–H and O–H groups in total. The van der Waals surface area contributed by atoms with Crippen molar-refractivity contribution >= 4 is 5.97 Å². The number of carbonyl (C=O) groups is 1. The third-order valence-electron chi connectivity index (χ3n) is 2.08. The number of hydrogen-bond acceptors (Lipinski definition) is 4. The van der Waals surface area contributed by atoms with Gasteiger partial charge in [-0.05, 0) is 19.9 Å². The number of pyridine rings is 1. The average molecular weight is 240 g/mol. The summed E-state index contributed by atoms with van der Waals surface area (Å²) in [6.45, 7) is 2.97. The largest absolute Gasteiger partial charge is 0.462 e. The van der Waals surface area contributed by atoms with E-state index in [0.29, 0.717) is 0 Å². The second-order valence-corrected chi connectivity index (χ2v) is 3.19. The lowest BCUT2D eigenvalue weighted by Crippen LogP contribution is -2.12. The van der Waals surface area contributed by atoms with Crippen LogP contribution in [0.3, 0.4) is 0 Å². The molecule has 0 aliphatic carbocycles. The summed E-state index contributed by atoms with van der Waals surface area (Å²) in [5, 5.41) is 8.68. The number of carbonyl (C=O) groups excluding carboxylic acids is 1. The Hall–Kier alpha value is -2.03. The minimum absolute atomic E-state index is 0.0397. The molecule has 0 saturated heterocycles. The van der Waals surface area contributed by atoms with Crippen LogP contribution >= 0.6 is 0 Å². The van der Waals surface area contributed by atoms with Crippen molar-refractivity contribution in [1.29, 1.82) is 5.26 Å². The molecule has 0 atom stereocenters. The fourth-order valence-corrected chi connectivity index (χ4v) is 1.39. The molecule has 0 bridgehead atoms. The van der Waals surface area contributed by atoms with Crippen LogP contribution in [0.4, 0.5) is 8.78 Å². The Bertz CT molecular complexity index is 481. The third kappa shape index (κ3) is 2.75. The van der Waals surface area contributed by atoms with Gasteiger partial charge in [0.05, 0.1) is 17.7 Å². The van der Waals surface area contributed by atoms with Gasteiger partial charge in [0, 0.05) is 5.69 Å². The van der Waals surface area contributed by atoms with Crippen molar-refractivity contribution in [3.8, 4) is 6.07 Å². The van der Waals surface area contributed by atoms with Gasteiger partial charge in [0.2, 0.25) is 0 Å². The van der Waals surface area contributed by atoms with E-state index in [9.17, 15) is 13.6 Å². The van der Waals surface area contributed by atoms with Crippen molar-refractivity contribution in [2.24, 2.45) is 0 Å². The SMILES string of the molecule is CCOC(=O)c1cc(C#N)nc(C)c1C(F)F. The first-order valence-electron chi connectivity index (χ1n) is 4.88. The van der Waals surface area contributed by atoms with Crippen molar-refractivity contribution in [3.63, 3.8) is 0 Å². The minimum atomic E-state index is -2.84. The molecule has 0 aliphatic heterocycles. The van der Waals surface area contributed by atoms with Gasteiger partial charge in [0.1, 0.15) is 11.8 Å². The first kappa shape index (κ1) is 13.0. The molecular formula is C11H10F2N2O2. The number of ether oxygens (including phenoxy) is 1. The lowest BCUT2D eigenvalue weighted by molar-refractivity contribution is 0.0514.